The summed E-state index contributed by atoms with van der Waals surface area (Å²) in [7, 11) is 0. The van der Waals surface area contributed by atoms with Gasteiger partial charge in [0.15, 0.2) is 0 Å². The molecule has 1 aromatic rings. The van der Waals surface area contributed by atoms with E-state index in [-0.39, 0.29) is 5.02 Å². The van der Waals surface area contributed by atoms with Gasteiger partial charge in [-0.2, -0.15) is 0 Å². The predicted molar refractivity (Wildman–Crippen MR) is 75.7 cm³/mol. The summed E-state index contributed by atoms with van der Waals surface area (Å²) in [4.78, 5) is 0. The Balaban J connectivity index is 1.81. The largest absolute Gasteiger partial charge is 0.389 e. The van der Waals surface area contributed by atoms with E-state index < -0.39 is 11.4 Å². The molecule has 4 heteroatoms. The van der Waals surface area contributed by atoms with Crippen LogP contribution in [0, 0.1) is 11.7 Å². The smallest absolute Gasteiger partial charge is 0.142 e. The van der Waals surface area contributed by atoms with Crippen LogP contribution >= 0.6 is 11.6 Å². The molecule has 0 unspecified atom stereocenters. The van der Waals surface area contributed by atoms with Crippen LogP contribution in [0.15, 0.2) is 18.2 Å². The molecule has 1 fully saturated rings. The minimum absolute atomic E-state index is 0.142. The van der Waals surface area contributed by atoms with Crippen LogP contribution in [-0.2, 0) is 6.54 Å². The van der Waals surface area contributed by atoms with Crippen LogP contribution < -0.4 is 5.32 Å². The molecule has 19 heavy (non-hydrogen) atoms. The fraction of sp³-hybridized carbons (Fsp3) is 0.600. The van der Waals surface area contributed by atoms with Crippen molar-refractivity contribution >= 4 is 11.6 Å². The van der Waals surface area contributed by atoms with Crippen molar-refractivity contribution in [2.24, 2.45) is 5.92 Å². The number of rotatable bonds is 4. The molecule has 0 amide bonds. The second-order valence-corrected chi connectivity index (χ2v) is 6.17. The number of hydrogen-bond acceptors (Lipinski definition) is 2. The zero-order chi connectivity index (χ0) is 13.9. The van der Waals surface area contributed by atoms with Crippen molar-refractivity contribution in [1.29, 1.82) is 0 Å². The lowest BCUT2D eigenvalue weighted by Gasteiger charge is -2.35. The van der Waals surface area contributed by atoms with Crippen LogP contribution in [0.5, 0.6) is 0 Å². The summed E-state index contributed by atoms with van der Waals surface area (Å²) in [5.74, 6) is 0.316. The molecule has 0 heterocycles. The third-order valence-corrected chi connectivity index (χ3v) is 4.28. The molecule has 0 saturated heterocycles. The summed E-state index contributed by atoms with van der Waals surface area (Å²) >= 11 is 5.64. The Morgan fingerprint density at radius 3 is 2.74 bits per heavy atom. The summed E-state index contributed by atoms with van der Waals surface area (Å²) < 4.78 is 13.3. The summed E-state index contributed by atoms with van der Waals surface area (Å²) in [6.45, 7) is 3.33. The Labute approximate surface area is 119 Å². The Hall–Kier alpha value is -0.640. The van der Waals surface area contributed by atoms with Gasteiger partial charge < -0.3 is 10.4 Å². The number of nitrogens with one attached hydrogen (secondary N) is 1. The summed E-state index contributed by atoms with van der Waals surface area (Å²) in [5.41, 5.74) is 0.243. The van der Waals surface area contributed by atoms with Crippen molar-refractivity contribution < 1.29 is 9.50 Å². The van der Waals surface area contributed by atoms with Gasteiger partial charge in [-0.05, 0) is 49.3 Å². The molecular weight excluding hydrogens is 265 g/mol. The lowest BCUT2D eigenvalue weighted by Crippen LogP contribution is -2.43. The van der Waals surface area contributed by atoms with Crippen molar-refractivity contribution in [3.63, 3.8) is 0 Å². The minimum Gasteiger partial charge on any atom is -0.389 e. The first-order chi connectivity index (χ1) is 8.98. The Kier molecular flexibility index (Phi) is 4.82. The number of aliphatic hydroxyl groups is 1. The average Bonchev–Trinajstić information content (AvgIpc) is 2.38. The molecule has 0 radical (unpaired) electrons. The quantitative estimate of drug-likeness (QED) is 0.887. The summed E-state index contributed by atoms with van der Waals surface area (Å²) in [6.07, 6.45) is 3.84. The highest BCUT2D eigenvalue weighted by Crippen LogP contribution is 2.31. The fourth-order valence-electron chi connectivity index (χ4n) is 2.57. The van der Waals surface area contributed by atoms with Crippen molar-refractivity contribution in [1.82, 2.24) is 5.32 Å². The first kappa shape index (κ1) is 14.8. The topological polar surface area (TPSA) is 32.3 Å². The Bertz CT molecular complexity index is 430. The van der Waals surface area contributed by atoms with Crippen molar-refractivity contribution in [3.05, 3.63) is 34.6 Å². The van der Waals surface area contributed by atoms with Gasteiger partial charge >= 0.3 is 0 Å². The van der Waals surface area contributed by atoms with E-state index in [1.54, 1.807) is 12.1 Å². The molecule has 1 aromatic carbocycles. The van der Waals surface area contributed by atoms with Crippen LogP contribution in [-0.4, -0.2) is 17.3 Å². The van der Waals surface area contributed by atoms with Crippen LogP contribution in [0.1, 0.15) is 38.2 Å². The maximum Gasteiger partial charge on any atom is 0.142 e. The SMILES string of the molecule is CC1CCC(O)(CNCc2ccc(Cl)c(F)c2)CC1. The Morgan fingerprint density at radius 2 is 2.11 bits per heavy atom. The maximum atomic E-state index is 13.3. The van der Waals surface area contributed by atoms with E-state index in [4.69, 9.17) is 11.6 Å². The molecule has 2 nitrogen and oxygen atoms in total. The van der Waals surface area contributed by atoms with Gasteiger partial charge in [-0.25, -0.2) is 4.39 Å². The van der Waals surface area contributed by atoms with Crippen LogP contribution in [0.2, 0.25) is 5.02 Å². The van der Waals surface area contributed by atoms with Crippen molar-refractivity contribution in [2.45, 2.75) is 44.8 Å². The lowest BCUT2D eigenvalue weighted by atomic mass is 9.79. The van der Waals surface area contributed by atoms with E-state index in [1.807, 2.05) is 0 Å². The van der Waals surface area contributed by atoms with Gasteiger partial charge in [0.25, 0.3) is 0 Å². The highest BCUT2D eigenvalue weighted by Gasteiger charge is 2.31. The fourth-order valence-corrected chi connectivity index (χ4v) is 2.68. The average molecular weight is 286 g/mol. The maximum absolute atomic E-state index is 13.3. The summed E-state index contributed by atoms with van der Waals surface area (Å²) in [6, 6.07) is 4.79. The Morgan fingerprint density at radius 1 is 1.42 bits per heavy atom. The summed E-state index contributed by atoms with van der Waals surface area (Å²) in [5, 5.41) is 13.8. The van der Waals surface area contributed by atoms with Crippen LogP contribution in [0.4, 0.5) is 4.39 Å². The van der Waals surface area contributed by atoms with E-state index in [2.05, 4.69) is 12.2 Å². The van der Waals surface area contributed by atoms with Crippen LogP contribution in [0.3, 0.4) is 0 Å². The van der Waals surface area contributed by atoms with Gasteiger partial charge in [-0.1, -0.05) is 24.6 Å². The molecule has 0 spiro atoms. The normalized spacial score (nSPS) is 27.5. The van der Waals surface area contributed by atoms with Gasteiger partial charge in [0.1, 0.15) is 5.82 Å². The number of halogens is 2. The van der Waals surface area contributed by atoms with Crippen molar-refractivity contribution in [2.75, 3.05) is 6.54 Å². The van der Waals surface area contributed by atoms with Gasteiger partial charge in [0.05, 0.1) is 10.6 Å². The van der Waals surface area contributed by atoms with E-state index in [1.165, 1.54) is 6.07 Å². The molecule has 0 atom stereocenters. The third-order valence-electron chi connectivity index (χ3n) is 3.97. The lowest BCUT2D eigenvalue weighted by molar-refractivity contribution is -0.00630. The molecule has 2 rings (SSSR count). The van der Waals surface area contributed by atoms with Gasteiger partial charge in [-0.15, -0.1) is 0 Å². The van der Waals surface area contributed by atoms with E-state index in [9.17, 15) is 9.50 Å². The number of benzene rings is 1. The van der Waals surface area contributed by atoms with Gasteiger partial charge in [0.2, 0.25) is 0 Å². The van der Waals surface area contributed by atoms with Crippen molar-refractivity contribution in [3.8, 4) is 0 Å². The van der Waals surface area contributed by atoms with E-state index >= 15 is 0 Å². The monoisotopic (exact) mass is 285 g/mol. The molecular formula is C15H21ClFNO. The van der Waals surface area contributed by atoms with E-state index in [0.717, 1.165) is 31.2 Å². The zero-order valence-corrected chi connectivity index (χ0v) is 12.0. The third kappa shape index (κ3) is 4.16. The standard InChI is InChI=1S/C15H21ClFNO/c1-11-4-6-15(19,7-5-11)10-18-9-12-2-3-13(16)14(17)8-12/h2-3,8,11,18-19H,4-7,9-10H2,1H3. The minimum atomic E-state index is -0.600. The molecule has 1 aliphatic carbocycles. The van der Waals surface area contributed by atoms with Gasteiger partial charge in [-0.3, -0.25) is 0 Å². The number of hydrogen-bond donors (Lipinski definition) is 2. The van der Waals surface area contributed by atoms with Crippen LogP contribution in [0.25, 0.3) is 0 Å². The highest BCUT2D eigenvalue weighted by molar-refractivity contribution is 6.30. The molecule has 1 saturated carbocycles. The second-order valence-electron chi connectivity index (χ2n) is 5.76. The first-order valence-corrected chi connectivity index (χ1v) is 7.23. The van der Waals surface area contributed by atoms with E-state index in [0.29, 0.717) is 19.0 Å². The predicted octanol–water partition coefficient (Wildman–Crippen LogP) is 3.51. The second kappa shape index (κ2) is 6.21. The molecule has 1 aliphatic rings. The molecule has 2 N–H and O–H groups in total. The zero-order valence-electron chi connectivity index (χ0n) is 11.3. The molecule has 0 aliphatic heterocycles. The first-order valence-electron chi connectivity index (χ1n) is 6.85. The molecule has 0 aromatic heterocycles. The molecule has 0 bridgehead atoms. The van der Waals surface area contributed by atoms with Gasteiger partial charge in [0, 0.05) is 13.1 Å². The highest BCUT2D eigenvalue weighted by atomic mass is 35.5. The molecule has 106 valence electrons.